The van der Waals surface area contributed by atoms with Gasteiger partial charge < -0.3 is 15.2 Å². The minimum atomic E-state index is -3.78. The van der Waals surface area contributed by atoms with Crippen LogP contribution in [0.3, 0.4) is 0 Å². The molecule has 0 spiro atoms. The van der Waals surface area contributed by atoms with Crippen LogP contribution in [-0.4, -0.2) is 27.6 Å². The number of carbonyl (C=O) groups excluding carboxylic acids is 1. The van der Waals surface area contributed by atoms with E-state index in [-0.39, 0.29) is 17.1 Å². The number of rotatable bonds is 10. The molecule has 0 aromatic heterocycles. The van der Waals surface area contributed by atoms with Crippen molar-refractivity contribution in [2.24, 2.45) is 10.8 Å². The Balaban J connectivity index is 1.73. The van der Waals surface area contributed by atoms with Crippen molar-refractivity contribution in [3.8, 4) is 11.5 Å². The van der Waals surface area contributed by atoms with Crippen LogP contribution >= 0.6 is 0 Å². The first kappa shape index (κ1) is 23.8. The van der Waals surface area contributed by atoms with Gasteiger partial charge in [-0.1, -0.05) is 31.2 Å². The molecule has 0 heterocycles. The van der Waals surface area contributed by atoms with Gasteiger partial charge in [-0.25, -0.2) is 4.83 Å². The van der Waals surface area contributed by atoms with Crippen LogP contribution in [-0.2, 0) is 23.1 Å². The quantitative estimate of drug-likeness (QED) is 0.350. The number of benzene rings is 3. The predicted molar refractivity (Wildman–Crippen MR) is 126 cm³/mol. The zero-order chi connectivity index (χ0) is 23.8. The Kier molecular flexibility index (Phi) is 7.68. The molecule has 0 saturated heterocycles. The Morgan fingerprint density at radius 2 is 1.79 bits per heavy atom. The second kappa shape index (κ2) is 10.6. The summed E-state index contributed by atoms with van der Waals surface area (Å²) in [5, 5.41) is 3.88. The molecule has 0 aliphatic carbocycles. The fourth-order valence-corrected chi connectivity index (χ4v) is 3.86. The summed E-state index contributed by atoms with van der Waals surface area (Å²) in [6.07, 6.45) is 2.21. The normalized spacial score (nSPS) is 11.3. The molecule has 3 N–H and O–H groups in total. The number of nitrogens with two attached hydrogens (primary N) is 1. The van der Waals surface area contributed by atoms with Gasteiger partial charge in [0, 0.05) is 5.56 Å². The summed E-state index contributed by atoms with van der Waals surface area (Å²) in [5.74, 6) is 0.336. The van der Waals surface area contributed by atoms with E-state index in [4.69, 9.17) is 15.2 Å². The van der Waals surface area contributed by atoms with Crippen molar-refractivity contribution in [2.75, 3.05) is 7.11 Å². The van der Waals surface area contributed by atoms with Gasteiger partial charge in [0.25, 0.3) is 15.9 Å². The number of amides is 1. The van der Waals surface area contributed by atoms with Crippen LogP contribution in [0.25, 0.3) is 0 Å². The molecule has 3 aromatic carbocycles. The second-order valence-electron chi connectivity index (χ2n) is 7.07. The molecule has 1 amide bonds. The third kappa shape index (κ3) is 6.11. The number of nitrogens with one attached hydrogen (secondary N) is 1. The lowest BCUT2D eigenvalue weighted by molar-refractivity contribution is 0.0996. The number of hydrazone groups is 1. The molecule has 33 heavy (non-hydrogen) atoms. The highest BCUT2D eigenvalue weighted by Gasteiger charge is 2.13. The molecule has 0 fully saturated rings. The maximum Gasteiger partial charge on any atom is 0.276 e. The fourth-order valence-electron chi connectivity index (χ4n) is 3.07. The lowest BCUT2D eigenvalue weighted by atomic mass is 10.1. The fraction of sp³-hybridized carbons (Fsp3) is 0.167. The van der Waals surface area contributed by atoms with Crippen molar-refractivity contribution in [1.29, 1.82) is 0 Å². The Labute approximate surface area is 193 Å². The molecule has 0 atom stereocenters. The first-order valence-corrected chi connectivity index (χ1v) is 11.6. The minimum Gasteiger partial charge on any atom is -0.496 e. The van der Waals surface area contributed by atoms with E-state index < -0.39 is 15.9 Å². The molecule has 8 nitrogen and oxygen atoms in total. The largest absolute Gasteiger partial charge is 0.496 e. The smallest absolute Gasteiger partial charge is 0.276 e. The molecule has 0 aliphatic rings. The highest BCUT2D eigenvalue weighted by Crippen LogP contribution is 2.24. The average Bonchev–Trinajstić information content (AvgIpc) is 2.83. The van der Waals surface area contributed by atoms with E-state index >= 15 is 0 Å². The molecule has 9 heteroatoms. The number of carbonyl (C=O) groups is 1. The number of primary amides is 1. The van der Waals surface area contributed by atoms with E-state index in [1.165, 1.54) is 13.3 Å². The highest BCUT2D eigenvalue weighted by atomic mass is 32.2. The number of aryl methyl sites for hydroxylation is 1. The van der Waals surface area contributed by atoms with E-state index in [2.05, 4.69) is 9.93 Å². The van der Waals surface area contributed by atoms with Gasteiger partial charge in [-0.05, 0) is 60.0 Å². The molecule has 0 aliphatic heterocycles. The SMILES string of the molecule is CCc1ccc(S(=O)(=O)N/N=C\c2ccc(OC)c(COc3ccccc3C(N)=O)c2)cc1. The molecule has 0 bridgehead atoms. The van der Waals surface area contributed by atoms with Crippen LogP contribution in [0.2, 0.25) is 0 Å². The molecule has 3 aromatic rings. The van der Waals surface area contributed by atoms with Crippen LogP contribution in [0.1, 0.15) is 34.0 Å². The number of nitrogens with zero attached hydrogens (tertiary/aromatic N) is 1. The van der Waals surface area contributed by atoms with Gasteiger partial charge in [0.05, 0.1) is 23.8 Å². The van der Waals surface area contributed by atoms with Gasteiger partial charge >= 0.3 is 0 Å². The van der Waals surface area contributed by atoms with Gasteiger partial charge in [-0.3, -0.25) is 4.79 Å². The van der Waals surface area contributed by atoms with E-state index in [0.717, 1.165) is 12.0 Å². The summed E-state index contributed by atoms with van der Waals surface area (Å²) < 4.78 is 36.0. The molecule has 0 radical (unpaired) electrons. The molecule has 3 rings (SSSR count). The van der Waals surface area contributed by atoms with E-state index in [9.17, 15) is 13.2 Å². The highest BCUT2D eigenvalue weighted by molar-refractivity contribution is 7.89. The zero-order valence-corrected chi connectivity index (χ0v) is 19.1. The lowest BCUT2D eigenvalue weighted by Crippen LogP contribution is -2.18. The average molecular weight is 468 g/mol. The minimum absolute atomic E-state index is 0.102. The van der Waals surface area contributed by atoms with Crippen LogP contribution in [0, 0.1) is 0 Å². The van der Waals surface area contributed by atoms with Crippen LogP contribution < -0.4 is 20.0 Å². The molecular weight excluding hydrogens is 442 g/mol. The summed E-state index contributed by atoms with van der Waals surface area (Å²) in [6, 6.07) is 18.5. The van der Waals surface area contributed by atoms with Crippen molar-refractivity contribution < 1.29 is 22.7 Å². The Bertz CT molecular complexity index is 1260. The maximum atomic E-state index is 12.4. The lowest BCUT2D eigenvalue weighted by Gasteiger charge is -2.13. The first-order valence-electron chi connectivity index (χ1n) is 10.2. The van der Waals surface area contributed by atoms with E-state index in [1.54, 1.807) is 66.7 Å². The molecular formula is C24H25N3O5S. The molecule has 0 saturated carbocycles. The van der Waals surface area contributed by atoms with Crippen LogP contribution in [0.15, 0.2) is 76.7 Å². The van der Waals surface area contributed by atoms with Crippen molar-refractivity contribution in [3.05, 3.63) is 89.0 Å². The predicted octanol–water partition coefficient (Wildman–Crippen LogP) is 3.25. The van der Waals surface area contributed by atoms with Crippen LogP contribution in [0.5, 0.6) is 11.5 Å². The van der Waals surface area contributed by atoms with Gasteiger partial charge in [0.15, 0.2) is 0 Å². The van der Waals surface area contributed by atoms with E-state index in [0.29, 0.717) is 22.6 Å². The Hall–Kier alpha value is -3.85. The second-order valence-corrected chi connectivity index (χ2v) is 8.73. The molecule has 172 valence electrons. The van der Waals surface area contributed by atoms with Crippen LogP contribution in [0.4, 0.5) is 0 Å². The van der Waals surface area contributed by atoms with Gasteiger partial charge in [-0.2, -0.15) is 13.5 Å². The van der Waals surface area contributed by atoms with E-state index in [1.807, 2.05) is 6.92 Å². The Morgan fingerprint density at radius 3 is 2.45 bits per heavy atom. The number of para-hydroxylation sites is 1. The van der Waals surface area contributed by atoms with Gasteiger partial charge in [-0.15, -0.1) is 0 Å². The summed E-state index contributed by atoms with van der Waals surface area (Å²) >= 11 is 0. The zero-order valence-electron chi connectivity index (χ0n) is 18.3. The number of hydrogen-bond donors (Lipinski definition) is 2. The standard InChI is InChI=1S/C24H25N3O5S/c1-3-17-8-11-20(12-9-17)33(29,30)27-26-15-18-10-13-22(31-2)19(14-18)16-32-23-7-5-4-6-21(23)24(25)28/h4-15,27H,3,16H2,1-2H3,(H2,25,28)/b26-15-. The van der Waals surface area contributed by atoms with Gasteiger partial charge in [0.2, 0.25) is 0 Å². The first-order chi connectivity index (χ1) is 15.8. The number of ether oxygens (including phenoxy) is 2. The monoisotopic (exact) mass is 467 g/mol. The maximum absolute atomic E-state index is 12.4. The van der Waals surface area contributed by atoms with Crippen molar-refractivity contribution in [2.45, 2.75) is 24.8 Å². The molecule has 0 unspecified atom stereocenters. The Morgan fingerprint density at radius 1 is 1.06 bits per heavy atom. The van der Waals surface area contributed by atoms with Gasteiger partial charge in [0.1, 0.15) is 18.1 Å². The third-order valence-corrected chi connectivity index (χ3v) is 6.11. The van der Waals surface area contributed by atoms with Crippen molar-refractivity contribution in [3.63, 3.8) is 0 Å². The number of methoxy groups -OCH3 is 1. The summed E-state index contributed by atoms with van der Waals surface area (Å²) in [6.45, 7) is 2.10. The summed E-state index contributed by atoms with van der Waals surface area (Å²) in [4.78, 5) is 13.9. The summed E-state index contributed by atoms with van der Waals surface area (Å²) in [5.41, 5.74) is 8.02. The third-order valence-electron chi connectivity index (χ3n) is 4.87. The topological polar surface area (TPSA) is 120 Å². The number of sulfonamides is 1. The number of hydrogen-bond acceptors (Lipinski definition) is 6. The van der Waals surface area contributed by atoms with Crippen molar-refractivity contribution >= 4 is 22.1 Å². The summed E-state index contributed by atoms with van der Waals surface area (Å²) in [7, 11) is -2.25. The van der Waals surface area contributed by atoms with Crippen molar-refractivity contribution in [1.82, 2.24) is 4.83 Å².